The fourth-order valence-electron chi connectivity index (χ4n) is 9.54. The quantitative estimate of drug-likeness (QED) is 0.181. The van der Waals surface area contributed by atoms with Crippen LogP contribution in [0.3, 0.4) is 0 Å². The molecule has 6 aromatic carbocycles. The average molecular weight is 682 g/mol. The molecule has 0 aliphatic heterocycles. The monoisotopic (exact) mass is 681 g/mol. The van der Waals surface area contributed by atoms with Crippen molar-refractivity contribution in [3.05, 3.63) is 191 Å². The fourth-order valence-corrected chi connectivity index (χ4v) is 9.54. The van der Waals surface area contributed by atoms with Gasteiger partial charge in [0.05, 0.1) is 5.41 Å². The number of nitrogens with zero attached hydrogens (tertiary/aromatic N) is 3. The summed E-state index contributed by atoms with van der Waals surface area (Å²) >= 11 is 0. The molecule has 254 valence electrons. The van der Waals surface area contributed by atoms with E-state index in [-0.39, 0.29) is 0 Å². The molecule has 1 aromatic heterocycles. The predicted molar refractivity (Wildman–Crippen MR) is 217 cm³/mol. The third-order valence-electron chi connectivity index (χ3n) is 12.0. The van der Waals surface area contributed by atoms with Crippen LogP contribution in [0.1, 0.15) is 55.0 Å². The van der Waals surface area contributed by atoms with Gasteiger partial charge in [0.25, 0.3) is 0 Å². The lowest BCUT2D eigenvalue weighted by Crippen LogP contribution is -2.25. The molecule has 1 spiro atoms. The van der Waals surface area contributed by atoms with Gasteiger partial charge in [-0.25, -0.2) is 15.0 Å². The van der Waals surface area contributed by atoms with Gasteiger partial charge in [0.15, 0.2) is 17.5 Å². The van der Waals surface area contributed by atoms with Crippen molar-refractivity contribution in [2.45, 2.75) is 32.6 Å². The van der Waals surface area contributed by atoms with Gasteiger partial charge < -0.3 is 0 Å². The number of aromatic nitrogens is 3. The second-order valence-corrected chi connectivity index (χ2v) is 14.7. The van der Waals surface area contributed by atoms with Crippen molar-refractivity contribution >= 4 is 5.57 Å². The first-order valence-electron chi connectivity index (χ1n) is 18.8. The van der Waals surface area contributed by atoms with Crippen LogP contribution in [0.15, 0.2) is 163 Å². The molecule has 0 amide bonds. The SMILES string of the molecule is CCC1C(C)=CC=C(c2ccc(-c3nc(-c4ccccc4)nc(-c4ccc5c(c4)C4(c6ccccc6-c6ccccc64)c4ccccc4-5)n3)cc2)C1C. The molecule has 7 aromatic rings. The van der Waals surface area contributed by atoms with Crippen LogP contribution in [-0.4, -0.2) is 15.0 Å². The molecule has 0 radical (unpaired) electrons. The van der Waals surface area contributed by atoms with Crippen LogP contribution in [0, 0.1) is 11.8 Å². The van der Waals surface area contributed by atoms with E-state index in [4.69, 9.17) is 15.0 Å². The molecule has 0 saturated carbocycles. The van der Waals surface area contributed by atoms with Crippen molar-refractivity contribution in [2.24, 2.45) is 11.8 Å². The van der Waals surface area contributed by atoms with Gasteiger partial charge in [-0.1, -0.05) is 171 Å². The van der Waals surface area contributed by atoms with E-state index in [1.54, 1.807) is 0 Å². The summed E-state index contributed by atoms with van der Waals surface area (Å²) in [5, 5.41) is 0. The largest absolute Gasteiger partial charge is 0.208 e. The van der Waals surface area contributed by atoms with Crippen molar-refractivity contribution in [2.75, 3.05) is 0 Å². The zero-order chi connectivity index (χ0) is 35.7. The smallest absolute Gasteiger partial charge is 0.164 e. The Bertz CT molecular complexity index is 2570. The Balaban J connectivity index is 1.14. The molecule has 3 heteroatoms. The second kappa shape index (κ2) is 12.2. The molecule has 3 nitrogen and oxygen atoms in total. The molecule has 0 N–H and O–H groups in total. The van der Waals surface area contributed by atoms with Crippen LogP contribution in [0.2, 0.25) is 0 Å². The zero-order valence-corrected chi connectivity index (χ0v) is 30.2. The molecule has 0 saturated heterocycles. The van der Waals surface area contributed by atoms with Gasteiger partial charge in [-0.05, 0) is 86.9 Å². The maximum absolute atomic E-state index is 5.22. The molecule has 53 heavy (non-hydrogen) atoms. The van der Waals surface area contributed by atoms with Gasteiger partial charge in [0.2, 0.25) is 0 Å². The van der Waals surface area contributed by atoms with Crippen LogP contribution in [0.5, 0.6) is 0 Å². The average Bonchev–Trinajstić information content (AvgIpc) is 3.68. The first kappa shape index (κ1) is 31.5. The summed E-state index contributed by atoms with van der Waals surface area (Å²) in [5.41, 5.74) is 16.9. The third kappa shape index (κ3) is 4.70. The molecule has 2 atom stereocenters. The van der Waals surface area contributed by atoms with E-state index in [1.165, 1.54) is 61.2 Å². The minimum atomic E-state index is -0.432. The Labute approximate surface area is 311 Å². The van der Waals surface area contributed by atoms with Crippen LogP contribution < -0.4 is 0 Å². The molecular weight excluding hydrogens is 643 g/mol. The van der Waals surface area contributed by atoms with E-state index >= 15 is 0 Å². The number of hydrogen-bond donors (Lipinski definition) is 0. The molecule has 0 bridgehead atoms. The second-order valence-electron chi connectivity index (χ2n) is 14.7. The zero-order valence-electron chi connectivity index (χ0n) is 30.2. The summed E-state index contributed by atoms with van der Waals surface area (Å²) < 4.78 is 0. The summed E-state index contributed by atoms with van der Waals surface area (Å²) in [6.07, 6.45) is 5.74. The molecule has 1 heterocycles. The van der Waals surface area contributed by atoms with E-state index in [0.717, 1.165) is 23.1 Å². The summed E-state index contributed by atoms with van der Waals surface area (Å²) in [5.74, 6) is 3.04. The standard InChI is InChI=1S/C50H39N3/c1-4-37-31(2)22-28-38(32(37)3)33-23-25-35(26-24-33)48-51-47(34-14-6-5-7-15-34)52-49(53-48)36-27-29-42-41-18-10-13-21-45(41)50(46(42)30-36)43-19-11-8-16-39(43)40-17-9-12-20-44(40)50/h5-30,32,37H,4H2,1-3H3. The van der Waals surface area contributed by atoms with Crippen molar-refractivity contribution in [3.63, 3.8) is 0 Å². The Morgan fingerprint density at radius 1 is 0.472 bits per heavy atom. The first-order valence-corrected chi connectivity index (χ1v) is 18.8. The van der Waals surface area contributed by atoms with Crippen molar-refractivity contribution in [1.29, 1.82) is 0 Å². The lowest BCUT2D eigenvalue weighted by Gasteiger charge is -2.30. The topological polar surface area (TPSA) is 38.7 Å². The molecule has 0 fully saturated rings. The highest BCUT2D eigenvalue weighted by atomic mass is 15.0. The minimum Gasteiger partial charge on any atom is -0.208 e. The van der Waals surface area contributed by atoms with E-state index in [9.17, 15) is 0 Å². The molecule has 3 aliphatic rings. The Morgan fingerprint density at radius 2 is 0.925 bits per heavy atom. The van der Waals surface area contributed by atoms with E-state index in [2.05, 4.69) is 160 Å². The number of rotatable bonds is 5. The first-order chi connectivity index (χ1) is 26.1. The summed E-state index contributed by atoms with van der Waals surface area (Å²) in [4.78, 5) is 15.5. The normalized spacial score (nSPS) is 17.4. The number of allylic oxidation sites excluding steroid dienone is 4. The van der Waals surface area contributed by atoms with Crippen molar-refractivity contribution in [3.8, 4) is 56.4 Å². The highest BCUT2D eigenvalue weighted by Gasteiger charge is 2.51. The highest BCUT2D eigenvalue weighted by Crippen LogP contribution is 2.63. The van der Waals surface area contributed by atoms with E-state index < -0.39 is 5.41 Å². The number of hydrogen-bond acceptors (Lipinski definition) is 3. The summed E-state index contributed by atoms with van der Waals surface area (Å²) in [6.45, 7) is 6.91. The predicted octanol–water partition coefficient (Wildman–Crippen LogP) is 12.2. The lowest BCUT2D eigenvalue weighted by molar-refractivity contribution is 0.478. The van der Waals surface area contributed by atoms with Crippen molar-refractivity contribution in [1.82, 2.24) is 15.0 Å². The summed E-state index contributed by atoms with van der Waals surface area (Å²) in [7, 11) is 0. The van der Waals surface area contributed by atoms with Gasteiger partial charge in [0, 0.05) is 16.7 Å². The Kier molecular flexibility index (Phi) is 7.26. The molecule has 2 unspecified atom stereocenters. The maximum Gasteiger partial charge on any atom is 0.164 e. The van der Waals surface area contributed by atoms with Crippen LogP contribution >= 0.6 is 0 Å². The number of benzene rings is 6. The minimum absolute atomic E-state index is 0.432. The molecule has 10 rings (SSSR count). The van der Waals surface area contributed by atoms with Gasteiger partial charge in [-0.15, -0.1) is 0 Å². The Hall–Kier alpha value is -6.19. The number of fused-ring (bicyclic) bond motifs is 10. The van der Waals surface area contributed by atoms with Crippen LogP contribution in [0.4, 0.5) is 0 Å². The fraction of sp³-hybridized carbons (Fsp3) is 0.140. The highest BCUT2D eigenvalue weighted by molar-refractivity contribution is 5.95. The van der Waals surface area contributed by atoms with Crippen LogP contribution in [0.25, 0.3) is 62.0 Å². The van der Waals surface area contributed by atoms with Gasteiger partial charge in [0.1, 0.15) is 0 Å². The van der Waals surface area contributed by atoms with Gasteiger partial charge in [-0.2, -0.15) is 0 Å². The lowest BCUT2D eigenvalue weighted by atomic mass is 9.70. The van der Waals surface area contributed by atoms with Crippen molar-refractivity contribution < 1.29 is 0 Å². The summed E-state index contributed by atoms with van der Waals surface area (Å²) in [6, 6.07) is 52.6. The maximum atomic E-state index is 5.22. The Morgan fingerprint density at radius 3 is 1.49 bits per heavy atom. The van der Waals surface area contributed by atoms with Crippen LogP contribution in [-0.2, 0) is 5.41 Å². The third-order valence-corrected chi connectivity index (χ3v) is 12.0. The van der Waals surface area contributed by atoms with Gasteiger partial charge >= 0.3 is 0 Å². The molecular formula is C50H39N3. The molecule has 3 aliphatic carbocycles. The van der Waals surface area contributed by atoms with Gasteiger partial charge in [-0.3, -0.25) is 0 Å². The van der Waals surface area contributed by atoms with E-state index in [0.29, 0.717) is 29.3 Å². The van der Waals surface area contributed by atoms with E-state index in [1.807, 2.05) is 18.2 Å².